The molecule has 3 nitrogen and oxygen atoms in total. The monoisotopic (exact) mass is 371 g/mol. The number of nitrogens with zero attached hydrogens (tertiary/aromatic N) is 1. The van der Waals surface area contributed by atoms with Crippen molar-refractivity contribution in [3.05, 3.63) is 64.2 Å². The number of benzene rings is 2. The number of rotatable bonds is 5. The lowest BCUT2D eigenvalue weighted by Crippen LogP contribution is -2.54. The zero-order chi connectivity index (χ0) is 18.6. The highest BCUT2D eigenvalue weighted by molar-refractivity contribution is 6.30. The number of carbonyl (C=O) groups excluding carboxylic acids is 1. The van der Waals surface area contributed by atoms with Gasteiger partial charge in [-0.1, -0.05) is 41.9 Å². The minimum absolute atomic E-state index is 0.0938. The van der Waals surface area contributed by atoms with E-state index in [1.165, 1.54) is 24.8 Å². The maximum absolute atomic E-state index is 12.9. The highest BCUT2D eigenvalue weighted by Gasteiger charge is 2.33. The van der Waals surface area contributed by atoms with Gasteiger partial charge in [0.05, 0.1) is 13.1 Å². The fourth-order valence-corrected chi connectivity index (χ4v) is 4.44. The number of likely N-dealkylation sites (tertiary alicyclic amines) is 1. The van der Waals surface area contributed by atoms with Gasteiger partial charge in [0.15, 0.2) is 6.54 Å². The lowest BCUT2D eigenvalue weighted by Gasteiger charge is -2.41. The molecule has 138 valence electrons. The molecule has 2 aromatic carbocycles. The number of carbonyl (C=O) groups is 1. The zero-order valence-corrected chi connectivity index (χ0v) is 16.5. The van der Waals surface area contributed by atoms with Crippen LogP contribution in [0.2, 0.25) is 5.02 Å². The lowest BCUT2D eigenvalue weighted by molar-refractivity contribution is -0.937. The molecule has 0 spiro atoms. The number of anilines is 1. The fourth-order valence-electron chi connectivity index (χ4n) is 4.12. The van der Waals surface area contributed by atoms with Crippen LogP contribution in [0.1, 0.15) is 36.0 Å². The maximum Gasteiger partial charge on any atom is 0.279 e. The van der Waals surface area contributed by atoms with Crippen LogP contribution in [0.15, 0.2) is 42.5 Å². The second kappa shape index (κ2) is 8.24. The van der Waals surface area contributed by atoms with Crippen molar-refractivity contribution in [2.45, 2.75) is 39.7 Å². The molecule has 0 bridgehead atoms. The van der Waals surface area contributed by atoms with Gasteiger partial charge in [0.25, 0.3) is 5.91 Å². The summed E-state index contributed by atoms with van der Waals surface area (Å²) in [6.07, 6.45) is 3.66. The van der Waals surface area contributed by atoms with Gasteiger partial charge in [-0.2, -0.15) is 0 Å². The van der Waals surface area contributed by atoms with E-state index in [2.05, 4.69) is 29.6 Å². The van der Waals surface area contributed by atoms with Gasteiger partial charge in [-0.05, 0) is 56.4 Å². The van der Waals surface area contributed by atoms with E-state index in [9.17, 15) is 4.79 Å². The molecule has 1 fully saturated rings. The zero-order valence-electron chi connectivity index (χ0n) is 15.7. The average molecular weight is 372 g/mol. The minimum atomic E-state index is 0.0938. The molecule has 0 radical (unpaired) electrons. The van der Waals surface area contributed by atoms with E-state index in [0.29, 0.717) is 11.6 Å². The van der Waals surface area contributed by atoms with Gasteiger partial charge in [-0.25, -0.2) is 0 Å². The fraction of sp³-hybridized carbons (Fsp3) is 0.409. The van der Waals surface area contributed by atoms with Gasteiger partial charge < -0.3 is 9.80 Å². The van der Waals surface area contributed by atoms with E-state index in [4.69, 9.17) is 11.6 Å². The standard InChI is InChI=1S/C22H27ClN2O/c1-17-13-20(23)14-18(2)22(17)24-21(26)16-25(11-7-4-8-12-25)15-19-9-5-3-6-10-19/h3,5-6,9-10,13-14H,4,7-8,11-12,15-16H2,1-2H3/p+1. The van der Waals surface area contributed by atoms with Crippen LogP contribution in [0.5, 0.6) is 0 Å². The number of halogens is 1. The number of nitrogens with one attached hydrogen (secondary N) is 1. The van der Waals surface area contributed by atoms with Crippen LogP contribution in [0.4, 0.5) is 5.69 Å². The molecular formula is C22H28ClN2O+. The minimum Gasteiger partial charge on any atom is -0.321 e. The van der Waals surface area contributed by atoms with Gasteiger partial charge in [-0.15, -0.1) is 0 Å². The van der Waals surface area contributed by atoms with Gasteiger partial charge in [0.1, 0.15) is 6.54 Å². The number of piperidine rings is 1. The van der Waals surface area contributed by atoms with Crippen molar-refractivity contribution in [1.29, 1.82) is 0 Å². The Balaban J connectivity index is 1.76. The van der Waals surface area contributed by atoms with Crippen LogP contribution in [0.3, 0.4) is 0 Å². The summed E-state index contributed by atoms with van der Waals surface area (Å²) in [6, 6.07) is 14.3. The van der Waals surface area contributed by atoms with Crippen LogP contribution >= 0.6 is 11.6 Å². The number of quaternary nitrogens is 1. The van der Waals surface area contributed by atoms with Gasteiger partial charge in [-0.3, -0.25) is 4.79 Å². The Labute approximate surface area is 161 Å². The van der Waals surface area contributed by atoms with Gasteiger partial charge >= 0.3 is 0 Å². The first kappa shape index (κ1) is 18.9. The summed E-state index contributed by atoms with van der Waals surface area (Å²) in [5.41, 5.74) is 4.23. The second-order valence-electron chi connectivity index (χ2n) is 7.61. The summed E-state index contributed by atoms with van der Waals surface area (Å²) in [5.74, 6) is 0.0938. The van der Waals surface area contributed by atoms with Crippen molar-refractivity contribution in [3.8, 4) is 0 Å². The molecule has 4 heteroatoms. The molecule has 1 saturated heterocycles. The predicted molar refractivity (Wildman–Crippen MR) is 108 cm³/mol. The van der Waals surface area contributed by atoms with Crippen molar-refractivity contribution in [1.82, 2.24) is 0 Å². The molecule has 1 aliphatic rings. The van der Waals surface area contributed by atoms with Crippen molar-refractivity contribution >= 4 is 23.2 Å². The summed E-state index contributed by atoms with van der Waals surface area (Å²) in [6.45, 7) is 7.57. The molecule has 0 saturated carbocycles. The average Bonchev–Trinajstić information content (AvgIpc) is 2.59. The van der Waals surface area contributed by atoms with Crippen molar-refractivity contribution in [2.75, 3.05) is 25.0 Å². The number of hydrogen-bond acceptors (Lipinski definition) is 1. The molecule has 1 N–H and O–H groups in total. The van der Waals surface area contributed by atoms with E-state index in [1.54, 1.807) is 0 Å². The molecule has 0 unspecified atom stereocenters. The number of amides is 1. The van der Waals surface area contributed by atoms with Crippen LogP contribution in [0.25, 0.3) is 0 Å². The van der Waals surface area contributed by atoms with Crippen molar-refractivity contribution in [3.63, 3.8) is 0 Å². The first-order valence-electron chi connectivity index (χ1n) is 9.43. The number of hydrogen-bond donors (Lipinski definition) is 1. The highest BCUT2D eigenvalue weighted by atomic mass is 35.5. The largest absolute Gasteiger partial charge is 0.321 e. The smallest absolute Gasteiger partial charge is 0.279 e. The second-order valence-corrected chi connectivity index (χ2v) is 8.05. The van der Waals surface area contributed by atoms with Gasteiger partial charge in [0, 0.05) is 16.3 Å². The lowest BCUT2D eigenvalue weighted by atomic mass is 10.0. The Bertz CT molecular complexity index is 744. The molecule has 26 heavy (non-hydrogen) atoms. The van der Waals surface area contributed by atoms with Crippen LogP contribution in [-0.2, 0) is 11.3 Å². The quantitative estimate of drug-likeness (QED) is 0.728. The Morgan fingerprint density at radius 2 is 1.65 bits per heavy atom. The summed E-state index contributed by atoms with van der Waals surface area (Å²) < 4.78 is 0.849. The van der Waals surface area contributed by atoms with E-state index in [0.717, 1.165) is 40.9 Å². The SMILES string of the molecule is Cc1cc(Cl)cc(C)c1NC(=O)C[N+]1(Cc2ccccc2)CCCCC1. The maximum atomic E-state index is 12.9. The highest BCUT2D eigenvalue weighted by Crippen LogP contribution is 2.26. The molecule has 0 aliphatic carbocycles. The van der Waals surface area contributed by atoms with Gasteiger partial charge in [0.2, 0.25) is 0 Å². The van der Waals surface area contributed by atoms with E-state index in [1.807, 2.05) is 32.0 Å². The third kappa shape index (κ3) is 4.66. The summed E-state index contributed by atoms with van der Waals surface area (Å²) in [7, 11) is 0. The first-order valence-corrected chi connectivity index (χ1v) is 9.81. The summed E-state index contributed by atoms with van der Waals surface area (Å²) in [5, 5.41) is 3.86. The molecule has 2 aromatic rings. The van der Waals surface area contributed by atoms with Crippen LogP contribution in [-0.4, -0.2) is 30.0 Å². The normalized spacial score (nSPS) is 16.3. The topological polar surface area (TPSA) is 29.1 Å². The first-order chi connectivity index (χ1) is 12.5. The van der Waals surface area contributed by atoms with E-state index in [-0.39, 0.29) is 5.91 Å². The molecule has 1 amide bonds. The molecule has 1 aliphatic heterocycles. The van der Waals surface area contributed by atoms with Crippen LogP contribution in [0, 0.1) is 13.8 Å². The molecule has 0 aromatic heterocycles. The van der Waals surface area contributed by atoms with E-state index < -0.39 is 0 Å². The van der Waals surface area contributed by atoms with Crippen LogP contribution < -0.4 is 5.32 Å². The van der Waals surface area contributed by atoms with Crippen molar-refractivity contribution in [2.24, 2.45) is 0 Å². The Kier molecular flexibility index (Phi) is 6.00. The number of aryl methyl sites for hydroxylation is 2. The summed E-state index contributed by atoms with van der Waals surface area (Å²) >= 11 is 6.11. The predicted octanol–water partition coefficient (Wildman–Crippen LogP) is 5.10. The van der Waals surface area contributed by atoms with E-state index >= 15 is 0 Å². The Morgan fingerprint density at radius 1 is 1.04 bits per heavy atom. The Hall–Kier alpha value is -1.84. The van der Waals surface area contributed by atoms with Crippen molar-refractivity contribution < 1.29 is 9.28 Å². The molecular weight excluding hydrogens is 344 g/mol. The molecule has 3 rings (SSSR count). The molecule has 1 heterocycles. The summed E-state index contributed by atoms with van der Waals surface area (Å²) in [4.78, 5) is 12.9. The molecule has 0 atom stereocenters. The third-order valence-corrected chi connectivity index (χ3v) is 5.58. The third-order valence-electron chi connectivity index (χ3n) is 5.37. The Morgan fingerprint density at radius 3 is 2.27 bits per heavy atom.